The molecule has 2 heterocycles. The van der Waals surface area contributed by atoms with Crippen LogP contribution in [-0.4, -0.2) is 24.0 Å². The molecule has 2 saturated heterocycles. The van der Waals surface area contributed by atoms with Crippen LogP contribution in [0.4, 0.5) is 0 Å². The van der Waals surface area contributed by atoms with Crippen LogP contribution in [0.1, 0.15) is 47.8 Å². The maximum atomic E-state index is 2.66. The van der Waals surface area contributed by atoms with Crippen LogP contribution in [0.25, 0.3) is 0 Å². The Bertz CT molecular complexity index is 631. The molecule has 0 amide bonds. The molecule has 0 aliphatic carbocycles. The van der Waals surface area contributed by atoms with Gasteiger partial charge in [0.25, 0.3) is 0 Å². The van der Waals surface area contributed by atoms with E-state index in [1.807, 2.05) is 0 Å². The van der Waals surface area contributed by atoms with Crippen molar-refractivity contribution in [3.05, 3.63) is 71.3 Å². The highest BCUT2D eigenvalue weighted by atomic mass is 15.2. The molecule has 2 fully saturated rings. The molecule has 0 spiro atoms. The molecule has 2 aliphatic rings. The van der Waals surface area contributed by atoms with Gasteiger partial charge in [0, 0.05) is 18.0 Å². The fraction of sp³-hybridized carbons (Fsp3) is 0.429. The topological polar surface area (TPSA) is 3.24 Å². The summed E-state index contributed by atoms with van der Waals surface area (Å²) in [5, 5.41) is 0. The zero-order valence-electron chi connectivity index (χ0n) is 13.6. The first-order chi connectivity index (χ1) is 10.7. The Labute approximate surface area is 134 Å². The van der Waals surface area contributed by atoms with Crippen LogP contribution < -0.4 is 0 Å². The van der Waals surface area contributed by atoms with Gasteiger partial charge in [0.15, 0.2) is 0 Å². The lowest BCUT2D eigenvalue weighted by atomic mass is 9.73. The molecule has 0 unspecified atom stereocenters. The molecule has 0 saturated carbocycles. The molecule has 0 aromatic heterocycles. The summed E-state index contributed by atoms with van der Waals surface area (Å²) in [5.41, 5.74) is 4.41. The van der Waals surface area contributed by atoms with Crippen molar-refractivity contribution in [2.45, 2.75) is 50.1 Å². The second-order valence-corrected chi connectivity index (χ2v) is 7.15. The smallest absolute Gasteiger partial charge is 0.0170 e. The minimum absolute atomic E-state index is 0.632. The largest absolute Gasteiger partial charge is 0.300 e. The van der Waals surface area contributed by atoms with Crippen molar-refractivity contribution in [2.75, 3.05) is 7.05 Å². The zero-order chi connectivity index (χ0) is 15.1. The third-order valence-corrected chi connectivity index (χ3v) is 5.96. The van der Waals surface area contributed by atoms with Gasteiger partial charge in [-0.2, -0.15) is 0 Å². The summed E-state index contributed by atoms with van der Waals surface area (Å²) in [4.78, 5) is 2.66. The molecule has 0 radical (unpaired) electrons. The van der Waals surface area contributed by atoms with Crippen molar-refractivity contribution in [1.29, 1.82) is 0 Å². The molecule has 22 heavy (non-hydrogen) atoms. The highest BCUT2D eigenvalue weighted by Crippen LogP contribution is 2.50. The number of piperidine rings is 1. The fourth-order valence-corrected chi connectivity index (χ4v) is 4.75. The van der Waals surface area contributed by atoms with E-state index in [1.54, 1.807) is 0 Å². The maximum absolute atomic E-state index is 2.66. The van der Waals surface area contributed by atoms with Crippen LogP contribution in [0.3, 0.4) is 0 Å². The number of rotatable bonds is 2. The third-order valence-electron chi connectivity index (χ3n) is 5.96. The van der Waals surface area contributed by atoms with Gasteiger partial charge in [-0.05, 0) is 50.3 Å². The summed E-state index contributed by atoms with van der Waals surface area (Å²) in [5.74, 6) is 1.30. The van der Waals surface area contributed by atoms with Crippen molar-refractivity contribution in [1.82, 2.24) is 4.90 Å². The first kappa shape index (κ1) is 14.0. The first-order valence-electron chi connectivity index (χ1n) is 8.57. The summed E-state index contributed by atoms with van der Waals surface area (Å²) < 4.78 is 0. The van der Waals surface area contributed by atoms with Crippen molar-refractivity contribution in [3.63, 3.8) is 0 Å². The maximum Gasteiger partial charge on any atom is 0.0170 e. The van der Waals surface area contributed by atoms with E-state index in [9.17, 15) is 0 Å². The Balaban J connectivity index is 1.76. The Kier molecular flexibility index (Phi) is 3.54. The lowest BCUT2D eigenvalue weighted by molar-refractivity contribution is 0.137. The molecule has 4 rings (SSSR count). The van der Waals surface area contributed by atoms with E-state index in [4.69, 9.17) is 0 Å². The van der Waals surface area contributed by atoms with Crippen LogP contribution in [0.15, 0.2) is 54.6 Å². The summed E-state index contributed by atoms with van der Waals surface area (Å²) >= 11 is 0. The van der Waals surface area contributed by atoms with Crippen LogP contribution in [0, 0.1) is 6.92 Å². The van der Waals surface area contributed by atoms with Gasteiger partial charge < -0.3 is 0 Å². The number of hydrogen-bond acceptors (Lipinski definition) is 1. The fourth-order valence-electron chi connectivity index (χ4n) is 4.75. The van der Waals surface area contributed by atoms with Crippen molar-refractivity contribution in [2.24, 2.45) is 0 Å². The molecule has 2 aromatic carbocycles. The van der Waals surface area contributed by atoms with Gasteiger partial charge in [0.2, 0.25) is 0 Å². The van der Waals surface area contributed by atoms with Gasteiger partial charge in [0.1, 0.15) is 0 Å². The Morgan fingerprint density at radius 3 is 2.32 bits per heavy atom. The van der Waals surface area contributed by atoms with E-state index in [0.29, 0.717) is 17.9 Å². The summed E-state index contributed by atoms with van der Waals surface area (Å²) in [6.07, 6.45) is 4.02. The van der Waals surface area contributed by atoms with Gasteiger partial charge in [-0.3, -0.25) is 4.90 Å². The van der Waals surface area contributed by atoms with E-state index in [-0.39, 0.29) is 0 Å². The number of aryl methyl sites for hydroxylation is 1. The average molecular weight is 291 g/mol. The summed E-state index contributed by atoms with van der Waals surface area (Å²) in [6.45, 7) is 2.18. The SMILES string of the molecule is Cc1ccc([C@@H]2C[C@@H]3CC[C@H]([C@@H]2c2ccccc2)N3C)cc1. The van der Waals surface area contributed by atoms with Crippen LogP contribution in [0.5, 0.6) is 0 Å². The lowest BCUT2D eigenvalue weighted by Crippen LogP contribution is -2.44. The number of nitrogens with zero attached hydrogens (tertiary/aromatic N) is 1. The van der Waals surface area contributed by atoms with Crippen molar-refractivity contribution >= 4 is 0 Å². The molecule has 2 aliphatic heterocycles. The second-order valence-electron chi connectivity index (χ2n) is 7.15. The molecule has 2 bridgehead atoms. The molecular weight excluding hydrogens is 266 g/mol. The number of fused-ring (bicyclic) bond motifs is 2. The highest BCUT2D eigenvalue weighted by Gasteiger charge is 2.46. The molecule has 0 N–H and O–H groups in total. The molecular formula is C21H25N. The Morgan fingerprint density at radius 2 is 1.59 bits per heavy atom. The van der Waals surface area contributed by atoms with Gasteiger partial charge >= 0.3 is 0 Å². The van der Waals surface area contributed by atoms with Crippen molar-refractivity contribution in [3.8, 4) is 0 Å². The van der Waals surface area contributed by atoms with Gasteiger partial charge in [-0.1, -0.05) is 60.2 Å². The van der Waals surface area contributed by atoms with Crippen LogP contribution in [0.2, 0.25) is 0 Å². The van der Waals surface area contributed by atoms with E-state index >= 15 is 0 Å². The molecule has 1 nitrogen and oxygen atoms in total. The Morgan fingerprint density at radius 1 is 0.864 bits per heavy atom. The third kappa shape index (κ3) is 2.28. The van der Waals surface area contributed by atoms with Gasteiger partial charge in [-0.15, -0.1) is 0 Å². The molecule has 2 aromatic rings. The Hall–Kier alpha value is -1.60. The quantitative estimate of drug-likeness (QED) is 0.773. The lowest BCUT2D eigenvalue weighted by Gasteiger charge is -2.43. The van der Waals surface area contributed by atoms with E-state index in [0.717, 1.165) is 6.04 Å². The second kappa shape index (κ2) is 5.55. The minimum atomic E-state index is 0.632. The zero-order valence-corrected chi connectivity index (χ0v) is 13.6. The van der Waals surface area contributed by atoms with E-state index in [2.05, 4.69) is 73.5 Å². The van der Waals surface area contributed by atoms with Gasteiger partial charge in [0.05, 0.1) is 0 Å². The van der Waals surface area contributed by atoms with Crippen LogP contribution >= 0.6 is 0 Å². The monoisotopic (exact) mass is 291 g/mol. The average Bonchev–Trinajstić information content (AvgIpc) is 2.79. The highest BCUT2D eigenvalue weighted by molar-refractivity contribution is 5.34. The molecule has 1 heteroatoms. The molecule has 114 valence electrons. The predicted octanol–water partition coefficient (Wildman–Crippen LogP) is 4.73. The normalized spacial score (nSPS) is 31.4. The summed E-state index contributed by atoms with van der Waals surface area (Å²) in [6, 6.07) is 21.9. The van der Waals surface area contributed by atoms with E-state index < -0.39 is 0 Å². The first-order valence-corrected chi connectivity index (χ1v) is 8.57. The van der Waals surface area contributed by atoms with Gasteiger partial charge in [-0.25, -0.2) is 0 Å². The minimum Gasteiger partial charge on any atom is -0.300 e. The summed E-state index contributed by atoms with van der Waals surface area (Å²) in [7, 11) is 2.34. The van der Waals surface area contributed by atoms with Crippen LogP contribution in [-0.2, 0) is 0 Å². The standard InChI is InChI=1S/C21H25N/c1-15-8-10-16(11-9-15)19-14-18-12-13-20(22(18)2)21(19)17-6-4-3-5-7-17/h3-11,18-21H,12-14H2,1-2H3/t18-,19-,20+,21+/m0/s1. The number of hydrogen-bond donors (Lipinski definition) is 0. The predicted molar refractivity (Wildman–Crippen MR) is 92.3 cm³/mol. The number of likely N-dealkylation sites (N-methyl/N-ethyl adjacent to an activating group) is 1. The number of benzene rings is 2. The van der Waals surface area contributed by atoms with Crippen molar-refractivity contribution < 1.29 is 0 Å². The van der Waals surface area contributed by atoms with E-state index in [1.165, 1.54) is 36.0 Å². The molecule has 4 atom stereocenters.